The molecule has 2 fully saturated rings. The van der Waals surface area contributed by atoms with E-state index in [2.05, 4.69) is 31.9 Å². The van der Waals surface area contributed by atoms with Crippen LogP contribution in [0.25, 0.3) is 0 Å². The Kier molecular flexibility index (Phi) is 30.8. The van der Waals surface area contributed by atoms with E-state index in [9.17, 15) is 59.4 Å². The van der Waals surface area contributed by atoms with Crippen LogP contribution in [0.15, 0.2) is 0 Å². The predicted molar refractivity (Wildman–Crippen MR) is 239 cm³/mol. The number of nitrogens with one attached hydrogen (secondary N) is 6. The Morgan fingerprint density at radius 2 is 0.955 bits per heavy atom. The molecule has 388 valence electrons. The molecular weight excluding hydrogens is 885 g/mol. The maximum absolute atomic E-state index is 13.0. The van der Waals surface area contributed by atoms with Gasteiger partial charge in [0, 0.05) is 92.1 Å². The smallest absolute Gasteiger partial charge is 0.222 e. The van der Waals surface area contributed by atoms with Gasteiger partial charge in [0.1, 0.15) is 48.7 Å². The molecule has 67 heavy (non-hydrogen) atoms. The second-order valence-corrected chi connectivity index (χ2v) is 17.0. The Morgan fingerprint density at radius 1 is 0.522 bits per heavy atom. The van der Waals surface area contributed by atoms with Crippen molar-refractivity contribution >= 4 is 35.4 Å². The van der Waals surface area contributed by atoms with Crippen molar-refractivity contribution in [3.63, 3.8) is 0 Å². The third-order valence-electron chi connectivity index (χ3n) is 11.3. The quantitative estimate of drug-likeness (QED) is 0.0295. The minimum atomic E-state index is -1.42. The van der Waals surface area contributed by atoms with Gasteiger partial charge in [-0.2, -0.15) is 0 Å². The lowest BCUT2D eigenvalue weighted by molar-refractivity contribution is -0.270. The van der Waals surface area contributed by atoms with Crippen LogP contribution in [-0.2, 0) is 52.5 Å². The highest BCUT2D eigenvalue weighted by Gasteiger charge is 2.46. The van der Waals surface area contributed by atoms with E-state index in [1.54, 1.807) is 7.11 Å². The molecule has 4 unspecified atom stereocenters. The van der Waals surface area contributed by atoms with Gasteiger partial charge in [-0.05, 0) is 64.2 Å². The van der Waals surface area contributed by atoms with Gasteiger partial charge in [0.15, 0.2) is 12.6 Å². The van der Waals surface area contributed by atoms with E-state index in [4.69, 9.17) is 23.7 Å². The standard InChI is InChI=1S/C44H80N6O17/c1-28(53)48-37-41(61)39(59)31(26-51)66-43(37)64-23-12-7-16-33(55)45-20-10-6-15-30(25-36(58)47-19-9-4-5-11-22-63-3)50-35(57)18-14-21-46-34(56)17-8-13-24-65-44-38(49-29(2)54)42(62)40(60)32(27-52)67-44/h30-32,37-44,51-52,59-62H,4-27H2,1-3H3,(H,45,55)(H,46,56)(H,47,58)(H,48,53)(H,49,54)(H,50,57)/t30-,31?,32?,37?,38?,39+,40+,41+,42+,43+,44+/m0/s1. The minimum Gasteiger partial charge on any atom is -0.394 e. The summed E-state index contributed by atoms with van der Waals surface area (Å²) in [5.41, 5.74) is 0. The van der Waals surface area contributed by atoms with Gasteiger partial charge >= 0.3 is 0 Å². The first-order chi connectivity index (χ1) is 32.1. The maximum atomic E-state index is 13.0. The molecule has 0 saturated carbocycles. The molecule has 2 saturated heterocycles. The fraction of sp³-hybridized carbons (Fsp3) is 0.864. The molecule has 23 heteroatoms. The van der Waals surface area contributed by atoms with Crippen molar-refractivity contribution in [3.8, 4) is 0 Å². The highest BCUT2D eigenvalue weighted by molar-refractivity contribution is 5.80. The Balaban J connectivity index is 1.71. The molecule has 2 aliphatic heterocycles. The van der Waals surface area contributed by atoms with Crippen LogP contribution in [0.5, 0.6) is 0 Å². The van der Waals surface area contributed by atoms with E-state index in [-0.39, 0.29) is 69.1 Å². The van der Waals surface area contributed by atoms with Gasteiger partial charge in [-0.3, -0.25) is 28.8 Å². The molecule has 6 amide bonds. The molecule has 0 radical (unpaired) electrons. The van der Waals surface area contributed by atoms with Crippen molar-refractivity contribution in [2.75, 3.05) is 59.8 Å². The summed E-state index contributed by atoms with van der Waals surface area (Å²) in [7, 11) is 1.66. The van der Waals surface area contributed by atoms with E-state index in [0.29, 0.717) is 71.1 Å². The third kappa shape index (κ3) is 24.5. The van der Waals surface area contributed by atoms with Gasteiger partial charge in [-0.25, -0.2) is 0 Å². The topological polar surface area (TPSA) is 342 Å². The van der Waals surface area contributed by atoms with E-state index < -0.39 is 92.4 Å². The molecular formula is C44H80N6O17. The largest absolute Gasteiger partial charge is 0.394 e. The van der Waals surface area contributed by atoms with E-state index in [0.717, 1.165) is 25.7 Å². The Bertz CT molecular complexity index is 1450. The monoisotopic (exact) mass is 965 g/mol. The minimum absolute atomic E-state index is 0.0905. The summed E-state index contributed by atoms with van der Waals surface area (Å²) in [6.45, 7) is 3.50. The van der Waals surface area contributed by atoms with E-state index in [1.165, 1.54) is 13.8 Å². The van der Waals surface area contributed by atoms with Crippen molar-refractivity contribution in [1.82, 2.24) is 31.9 Å². The Labute approximate surface area is 393 Å². The molecule has 2 aliphatic rings. The van der Waals surface area contributed by atoms with Gasteiger partial charge < -0.3 is 86.2 Å². The van der Waals surface area contributed by atoms with Crippen molar-refractivity contribution in [2.24, 2.45) is 0 Å². The molecule has 2 heterocycles. The fourth-order valence-corrected chi connectivity index (χ4v) is 7.57. The molecule has 0 spiro atoms. The van der Waals surface area contributed by atoms with Crippen LogP contribution in [0.3, 0.4) is 0 Å². The van der Waals surface area contributed by atoms with Crippen LogP contribution >= 0.6 is 0 Å². The first-order valence-corrected chi connectivity index (χ1v) is 23.7. The summed E-state index contributed by atoms with van der Waals surface area (Å²) in [5, 5.41) is 76.6. The van der Waals surface area contributed by atoms with Crippen molar-refractivity contribution in [1.29, 1.82) is 0 Å². The van der Waals surface area contributed by atoms with Gasteiger partial charge in [0.2, 0.25) is 35.4 Å². The van der Waals surface area contributed by atoms with Crippen LogP contribution in [-0.4, -0.2) is 193 Å². The number of hydrogen-bond acceptors (Lipinski definition) is 17. The summed E-state index contributed by atoms with van der Waals surface area (Å²) in [6.07, 6.45) is -1.83. The number of carbonyl (C=O) groups excluding carboxylic acids is 6. The highest BCUT2D eigenvalue weighted by atomic mass is 16.7. The van der Waals surface area contributed by atoms with Gasteiger partial charge in [0.05, 0.1) is 13.2 Å². The lowest BCUT2D eigenvalue weighted by Crippen LogP contribution is -2.64. The van der Waals surface area contributed by atoms with Crippen LogP contribution < -0.4 is 31.9 Å². The van der Waals surface area contributed by atoms with Crippen molar-refractivity contribution < 1.29 is 83.1 Å². The zero-order valence-electron chi connectivity index (χ0n) is 39.5. The zero-order valence-corrected chi connectivity index (χ0v) is 39.5. The summed E-state index contributed by atoms with van der Waals surface area (Å²) in [5.74, 6) is -1.75. The molecule has 12 N–H and O–H groups in total. The van der Waals surface area contributed by atoms with Crippen molar-refractivity contribution in [2.45, 2.75) is 184 Å². The second-order valence-electron chi connectivity index (χ2n) is 17.0. The number of aliphatic hydroxyl groups is 6. The number of hydrogen-bond donors (Lipinski definition) is 12. The molecule has 0 aromatic rings. The van der Waals surface area contributed by atoms with Gasteiger partial charge in [-0.15, -0.1) is 0 Å². The fourth-order valence-electron chi connectivity index (χ4n) is 7.57. The molecule has 0 bridgehead atoms. The second kappa shape index (κ2) is 34.6. The number of ether oxygens (including phenoxy) is 5. The predicted octanol–water partition coefficient (Wildman–Crippen LogP) is -2.37. The number of unbranched alkanes of at least 4 members (excludes halogenated alkanes) is 6. The number of rotatable bonds is 35. The lowest BCUT2D eigenvalue weighted by atomic mass is 9.97. The third-order valence-corrected chi connectivity index (χ3v) is 11.3. The summed E-state index contributed by atoms with van der Waals surface area (Å²) in [4.78, 5) is 74.0. The van der Waals surface area contributed by atoms with E-state index >= 15 is 0 Å². The van der Waals surface area contributed by atoms with Gasteiger partial charge in [0.25, 0.3) is 0 Å². The summed E-state index contributed by atoms with van der Waals surface area (Å²) in [6, 6.07) is -2.54. The highest BCUT2D eigenvalue weighted by Crippen LogP contribution is 2.24. The number of carbonyl (C=O) groups is 6. The molecule has 11 atom stereocenters. The lowest BCUT2D eigenvalue weighted by Gasteiger charge is -2.42. The maximum Gasteiger partial charge on any atom is 0.222 e. The molecule has 2 rings (SSSR count). The SMILES string of the molecule is COCCCCCCNC(=O)C[C@H](CCCCNC(=O)CCCCO[C@@H]1OC(CO)[C@@H](O)[C@H](O)C1NC(C)=O)NC(=O)CCCNC(=O)CCCCO[C@@H]1OC(CO)[C@@H](O)[C@H](O)C1NC(C)=O. The van der Waals surface area contributed by atoms with Crippen LogP contribution in [0.1, 0.15) is 117 Å². The zero-order chi connectivity index (χ0) is 49.6. The summed E-state index contributed by atoms with van der Waals surface area (Å²) < 4.78 is 27.5. The molecule has 0 aliphatic carbocycles. The molecule has 23 nitrogen and oxygen atoms in total. The Morgan fingerprint density at radius 3 is 1.43 bits per heavy atom. The average molecular weight is 965 g/mol. The van der Waals surface area contributed by atoms with Crippen molar-refractivity contribution in [3.05, 3.63) is 0 Å². The summed E-state index contributed by atoms with van der Waals surface area (Å²) >= 11 is 0. The number of methoxy groups -OCH3 is 1. The van der Waals surface area contributed by atoms with Crippen LogP contribution in [0, 0.1) is 0 Å². The molecule has 0 aromatic carbocycles. The first-order valence-electron chi connectivity index (χ1n) is 23.7. The van der Waals surface area contributed by atoms with Crippen LogP contribution in [0.2, 0.25) is 0 Å². The van der Waals surface area contributed by atoms with Gasteiger partial charge in [-0.1, -0.05) is 12.8 Å². The van der Waals surface area contributed by atoms with Crippen LogP contribution in [0.4, 0.5) is 0 Å². The average Bonchev–Trinajstić information content (AvgIpc) is 3.28. The van der Waals surface area contributed by atoms with E-state index in [1.807, 2.05) is 0 Å². The first kappa shape index (κ1) is 59.5. The normalized spacial score (nSPS) is 25.4. The number of aliphatic hydroxyl groups excluding tert-OH is 6. The molecule has 0 aromatic heterocycles. The Hall–Kier alpha value is -3.62. The number of amides is 6.